The molecule has 4 nitrogen and oxygen atoms in total. The fourth-order valence-corrected chi connectivity index (χ4v) is 4.21. The normalized spacial score (nSPS) is 20.9. The summed E-state index contributed by atoms with van der Waals surface area (Å²) in [6.07, 6.45) is 10.3. The lowest BCUT2D eigenvalue weighted by atomic mass is 9.91. The number of benzene rings is 1. The summed E-state index contributed by atoms with van der Waals surface area (Å²) >= 11 is 0. The van der Waals surface area contributed by atoms with Gasteiger partial charge in [0, 0.05) is 42.6 Å². The van der Waals surface area contributed by atoms with Gasteiger partial charge in [0.2, 0.25) is 0 Å². The Bertz CT molecular complexity index is 897. The van der Waals surface area contributed by atoms with Gasteiger partial charge in [0.25, 0.3) is 0 Å². The molecule has 0 radical (unpaired) electrons. The van der Waals surface area contributed by atoms with Gasteiger partial charge in [-0.25, -0.2) is 4.68 Å². The van der Waals surface area contributed by atoms with Crippen molar-refractivity contribution in [2.75, 3.05) is 18.0 Å². The zero-order chi connectivity index (χ0) is 19.7. The third-order valence-electron chi connectivity index (χ3n) is 5.77. The van der Waals surface area contributed by atoms with Crippen LogP contribution in [0.4, 0.5) is 5.69 Å². The third-order valence-corrected chi connectivity index (χ3v) is 5.77. The van der Waals surface area contributed by atoms with E-state index in [4.69, 9.17) is 5.10 Å². The van der Waals surface area contributed by atoms with E-state index in [-0.39, 0.29) is 0 Å². The van der Waals surface area contributed by atoms with Gasteiger partial charge in [-0.05, 0) is 56.5 Å². The topological polar surface area (TPSA) is 33.1 Å². The number of nitrogens with zero attached hydrogens (tertiary/aromatic N) is 3. The van der Waals surface area contributed by atoms with Crippen LogP contribution in [-0.2, 0) is 6.42 Å². The van der Waals surface area contributed by atoms with E-state index in [1.165, 1.54) is 28.8 Å². The van der Waals surface area contributed by atoms with Gasteiger partial charge in [-0.15, -0.1) is 0 Å². The van der Waals surface area contributed by atoms with Gasteiger partial charge in [-0.2, -0.15) is 5.10 Å². The van der Waals surface area contributed by atoms with Crippen LogP contribution in [0.1, 0.15) is 38.4 Å². The van der Waals surface area contributed by atoms with Gasteiger partial charge in [0.1, 0.15) is 0 Å². The molecule has 0 spiro atoms. The quantitative estimate of drug-likeness (QED) is 0.755. The molecule has 0 aliphatic carbocycles. The van der Waals surface area contributed by atoms with Crippen LogP contribution in [0.3, 0.4) is 0 Å². The molecule has 3 aliphatic heterocycles. The summed E-state index contributed by atoms with van der Waals surface area (Å²) < 4.78 is 2.01. The number of piperazine rings is 1. The molecule has 1 N–H and O–H groups in total. The first-order valence-electron chi connectivity index (χ1n) is 10.3. The van der Waals surface area contributed by atoms with Gasteiger partial charge in [-0.1, -0.05) is 37.3 Å². The first-order valence-corrected chi connectivity index (χ1v) is 10.3. The molecule has 2 atom stereocenters. The number of hydrogen-bond donors (Lipinski definition) is 1. The van der Waals surface area contributed by atoms with Crippen molar-refractivity contribution in [3.8, 4) is 5.69 Å². The number of aromatic nitrogens is 2. The lowest BCUT2D eigenvalue weighted by molar-refractivity contribution is 0.226. The number of allylic oxidation sites excluding steroid dienone is 5. The predicted molar refractivity (Wildman–Crippen MR) is 118 cm³/mol. The first-order chi connectivity index (χ1) is 13.6. The molecule has 4 heteroatoms. The van der Waals surface area contributed by atoms with Crippen molar-refractivity contribution < 1.29 is 0 Å². The van der Waals surface area contributed by atoms with E-state index in [1.54, 1.807) is 0 Å². The molecule has 5 rings (SSSR count). The lowest BCUT2D eigenvalue weighted by Gasteiger charge is -2.49. The van der Waals surface area contributed by atoms with Crippen LogP contribution in [0.2, 0.25) is 0 Å². The highest BCUT2D eigenvalue weighted by Gasteiger charge is 2.36. The van der Waals surface area contributed by atoms with E-state index in [0.29, 0.717) is 12.1 Å². The van der Waals surface area contributed by atoms with Crippen molar-refractivity contribution in [2.45, 2.75) is 45.7 Å². The molecule has 146 valence electrons. The Hall–Kier alpha value is -2.59. The predicted octanol–water partition coefficient (Wildman–Crippen LogP) is 4.52. The Labute approximate surface area is 168 Å². The Morgan fingerprint density at radius 2 is 1.82 bits per heavy atom. The molecule has 2 bridgehead atoms. The number of fused-ring (bicyclic) bond motifs is 2. The fraction of sp³-hybridized carbons (Fsp3) is 0.375. The molecule has 4 heterocycles. The largest absolute Gasteiger partial charge is 0.368 e. The SMILES string of the molecule is C=C/C=C\C(=C(C)C)c1nn(-c2ccc(N3CC4CC(C3)N4)cc2)cc1CC. The summed E-state index contributed by atoms with van der Waals surface area (Å²) in [5.41, 5.74) is 7.16. The van der Waals surface area contributed by atoms with Crippen LogP contribution in [0.15, 0.2) is 60.8 Å². The van der Waals surface area contributed by atoms with Crippen molar-refractivity contribution in [1.82, 2.24) is 15.1 Å². The van der Waals surface area contributed by atoms with Gasteiger partial charge < -0.3 is 10.2 Å². The number of aryl methyl sites for hydroxylation is 1. The van der Waals surface area contributed by atoms with Crippen LogP contribution in [-0.4, -0.2) is 35.0 Å². The van der Waals surface area contributed by atoms with E-state index in [2.05, 4.69) is 74.1 Å². The van der Waals surface area contributed by atoms with Crippen LogP contribution < -0.4 is 10.2 Å². The summed E-state index contributed by atoms with van der Waals surface area (Å²) in [6, 6.07) is 10.2. The molecule has 1 aromatic carbocycles. The number of anilines is 1. The number of hydrogen-bond acceptors (Lipinski definition) is 3. The van der Waals surface area contributed by atoms with Crippen LogP contribution in [0.5, 0.6) is 0 Å². The minimum Gasteiger partial charge on any atom is -0.368 e. The maximum atomic E-state index is 4.94. The number of rotatable bonds is 6. The average Bonchev–Trinajstić information content (AvgIpc) is 3.12. The highest BCUT2D eigenvalue weighted by Crippen LogP contribution is 2.28. The molecule has 1 aromatic heterocycles. The molecule has 3 saturated heterocycles. The van der Waals surface area contributed by atoms with E-state index >= 15 is 0 Å². The van der Waals surface area contributed by atoms with E-state index in [0.717, 1.165) is 30.9 Å². The van der Waals surface area contributed by atoms with Crippen LogP contribution >= 0.6 is 0 Å². The summed E-state index contributed by atoms with van der Waals surface area (Å²) in [6.45, 7) is 12.5. The zero-order valence-electron chi connectivity index (χ0n) is 17.2. The van der Waals surface area contributed by atoms with Crippen molar-refractivity contribution in [3.05, 3.63) is 72.1 Å². The summed E-state index contributed by atoms with van der Waals surface area (Å²) in [5.74, 6) is 0. The smallest absolute Gasteiger partial charge is 0.0958 e. The van der Waals surface area contributed by atoms with Crippen molar-refractivity contribution in [2.24, 2.45) is 0 Å². The average molecular weight is 375 g/mol. The number of piperidine rings is 1. The maximum Gasteiger partial charge on any atom is 0.0958 e. The monoisotopic (exact) mass is 374 g/mol. The summed E-state index contributed by atoms with van der Waals surface area (Å²) in [7, 11) is 0. The Morgan fingerprint density at radius 1 is 1.18 bits per heavy atom. The molecule has 2 unspecified atom stereocenters. The third kappa shape index (κ3) is 3.57. The standard InChI is InChI=1S/C24H30N4/c1-5-7-8-23(17(3)4)24-18(6-2)14-28(26-24)22-11-9-21(10-12-22)27-15-19-13-20(16-27)25-19/h5,7-12,14,19-20,25H,1,6,13,15-16H2,2-4H3/b8-7-. The first kappa shape index (κ1) is 18.8. The minimum absolute atomic E-state index is 0.672. The maximum absolute atomic E-state index is 4.94. The van der Waals surface area contributed by atoms with E-state index in [9.17, 15) is 0 Å². The molecule has 0 saturated carbocycles. The second kappa shape index (κ2) is 7.80. The molecular formula is C24H30N4. The van der Waals surface area contributed by atoms with Gasteiger partial charge in [0.05, 0.1) is 11.4 Å². The highest BCUT2D eigenvalue weighted by atomic mass is 15.3. The Balaban J connectivity index is 1.61. The fourth-order valence-electron chi connectivity index (χ4n) is 4.21. The van der Waals surface area contributed by atoms with Crippen molar-refractivity contribution in [3.63, 3.8) is 0 Å². The van der Waals surface area contributed by atoms with Crippen LogP contribution in [0.25, 0.3) is 11.3 Å². The highest BCUT2D eigenvalue weighted by molar-refractivity contribution is 5.76. The lowest BCUT2D eigenvalue weighted by Crippen LogP contribution is -2.67. The van der Waals surface area contributed by atoms with Crippen LogP contribution in [0, 0.1) is 0 Å². The van der Waals surface area contributed by atoms with Crippen molar-refractivity contribution >= 4 is 11.3 Å². The number of nitrogens with one attached hydrogen (secondary N) is 1. The van der Waals surface area contributed by atoms with Gasteiger partial charge in [0.15, 0.2) is 0 Å². The minimum atomic E-state index is 0.672. The van der Waals surface area contributed by atoms with E-state index < -0.39 is 0 Å². The van der Waals surface area contributed by atoms with Gasteiger partial charge in [-0.3, -0.25) is 0 Å². The second-order valence-corrected chi connectivity index (χ2v) is 8.03. The second-order valence-electron chi connectivity index (χ2n) is 8.03. The Morgan fingerprint density at radius 3 is 2.39 bits per heavy atom. The van der Waals surface area contributed by atoms with Gasteiger partial charge >= 0.3 is 0 Å². The molecule has 0 amide bonds. The molecule has 3 fully saturated rings. The van der Waals surface area contributed by atoms with E-state index in [1.807, 2.05) is 16.8 Å². The summed E-state index contributed by atoms with van der Waals surface area (Å²) in [4.78, 5) is 2.49. The summed E-state index contributed by atoms with van der Waals surface area (Å²) in [5, 5.41) is 8.53. The molecule has 2 aromatic rings. The zero-order valence-corrected chi connectivity index (χ0v) is 17.2. The molecule has 3 aliphatic rings. The molecule has 28 heavy (non-hydrogen) atoms. The van der Waals surface area contributed by atoms with Crippen molar-refractivity contribution in [1.29, 1.82) is 0 Å². The molecular weight excluding hydrogens is 344 g/mol. The Kier molecular flexibility index (Phi) is 5.23.